The number of anilines is 1. The molecule has 0 saturated carbocycles. The molecule has 1 fully saturated rings. The fourth-order valence-corrected chi connectivity index (χ4v) is 5.84. The summed E-state index contributed by atoms with van der Waals surface area (Å²) in [5, 5.41) is 10.7. The molecule has 4 aromatic rings. The smallest absolute Gasteiger partial charge is 0.245 e. The first-order chi connectivity index (χ1) is 15.2. The zero-order chi connectivity index (χ0) is 20.8. The van der Waals surface area contributed by atoms with E-state index in [1.807, 2.05) is 24.5 Å². The van der Waals surface area contributed by atoms with E-state index in [2.05, 4.69) is 54.3 Å². The zero-order valence-electron chi connectivity index (χ0n) is 17.0. The SMILES string of the molecule is N[C@@H]1c2ccccc2CC12CCN(c1ncc(Sc3c[nH]c4ncccc34)nn1)CC2. The highest BCUT2D eigenvalue weighted by Crippen LogP contribution is 2.50. The van der Waals surface area contributed by atoms with Gasteiger partial charge in [-0.05, 0) is 47.9 Å². The van der Waals surface area contributed by atoms with E-state index >= 15 is 0 Å². The van der Waals surface area contributed by atoms with Gasteiger partial charge in [0.25, 0.3) is 0 Å². The van der Waals surface area contributed by atoms with Gasteiger partial charge in [-0.15, -0.1) is 10.2 Å². The van der Waals surface area contributed by atoms with Crippen LogP contribution in [0.15, 0.2) is 64.9 Å². The van der Waals surface area contributed by atoms with Crippen LogP contribution in [0.4, 0.5) is 5.95 Å². The number of nitrogens with one attached hydrogen (secondary N) is 1. The Morgan fingerprint density at radius 2 is 1.94 bits per heavy atom. The van der Waals surface area contributed by atoms with Crippen molar-refractivity contribution < 1.29 is 0 Å². The summed E-state index contributed by atoms with van der Waals surface area (Å²) >= 11 is 1.55. The zero-order valence-corrected chi connectivity index (χ0v) is 17.8. The number of H-pyrrole nitrogens is 1. The van der Waals surface area contributed by atoms with Crippen LogP contribution in [-0.2, 0) is 6.42 Å². The number of fused-ring (bicyclic) bond motifs is 2. The molecule has 2 aliphatic rings. The lowest BCUT2D eigenvalue weighted by atomic mass is 9.73. The van der Waals surface area contributed by atoms with E-state index in [0.29, 0.717) is 5.95 Å². The van der Waals surface area contributed by atoms with Gasteiger partial charge in [0.05, 0.1) is 6.20 Å². The maximum absolute atomic E-state index is 6.69. The van der Waals surface area contributed by atoms with Crippen LogP contribution in [0.2, 0.25) is 0 Å². The molecule has 6 rings (SSSR count). The number of aromatic nitrogens is 5. The summed E-state index contributed by atoms with van der Waals surface area (Å²) in [4.78, 5) is 15.4. The second-order valence-corrected chi connectivity index (χ2v) is 9.52. The van der Waals surface area contributed by atoms with Crippen molar-refractivity contribution in [1.82, 2.24) is 25.1 Å². The van der Waals surface area contributed by atoms with Gasteiger partial charge in [0.15, 0.2) is 0 Å². The number of hydrogen-bond acceptors (Lipinski definition) is 7. The van der Waals surface area contributed by atoms with Crippen molar-refractivity contribution in [2.45, 2.75) is 35.2 Å². The van der Waals surface area contributed by atoms with Crippen LogP contribution in [0.25, 0.3) is 11.0 Å². The fourth-order valence-electron chi connectivity index (χ4n) is 5.04. The van der Waals surface area contributed by atoms with E-state index in [4.69, 9.17) is 5.73 Å². The predicted molar refractivity (Wildman–Crippen MR) is 121 cm³/mol. The van der Waals surface area contributed by atoms with Crippen molar-refractivity contribution in [2.24, 2.45) is 11.1 Å². The number of benzene rings is 1. The Hall–Kier alpha value is -2.97. The lowest BCUT2D eigenvalue weighted by Crippen LogP contribution is -2.45. The molecule has 1 aromatic carbocycles. The van der Waals surface area contributed by atoms with E-state index < -0.39 is 0 Å². The molecule has 7 nitrogen and oxygen atoms in total. The molecule has 8 heteroatoms. The van der Waals surface area contributed by atoms with E-state index in [-0.39, 0.29) is 11.5 Å². The molecular formula is C23H23N7S. The Balaban J connectivity index is 1.14. The predicted octanol–water partition coefficient (Wildman–Crippen LogP) is 3.74. The topological polar surface area (TPSA) is 96.6 Å². The average Bonchev–Trinajstić information content (AvgIpc) is 3.34. The van der Waals surface area contributed by atoms with Gasteiger partial charge in [0.1, 0.15) is 10.7 Å². The van der Waals surface area contributed by atoms with Gasteiger partial charge < -0.3 is 15.6 Å². The van der Waals surface area contributed by atoms with Gasteiger partial charge in [0, 0.05) is 41.8 Å². The van der Waals surface area contributed by atoms with Crippen molar-refractivity contribution in [3.63, 3.8) is 0 Å². The summed E-state index contributed by atoms with van der Waals surface area (Å²) in [6.45, 7) is 1.81. The first-order valence-corrected chi connectivity index (χ1v) is 11.4. The largest absolute Gasteiger partial charge is 0.345 e. The summed E-state index contributed by atoms with van der Waals surface area (Å²) in [6.07, 6.45) is 8.71. The standard InChI is InChI=1S/C23H23N7S/c24-20-16-5-2-1-4-15(16)12-23(20)7-10-30(11-8-23)22-27-14-19(28-29-22)31-18-13-26-21-17(18)6-3-9-25-21/h1-6,9,13-14,20H,7-8,10-12,24H2,(H,25,26)/t20-/m1/s1. The van der Waals surface area contributed by atoms with Crippen LogP contribution in [0, 0.1) is 5.41 Å². The first kappa shape index (κ1) is 18.8. The van der Waals surface area contributed by atoms with Crippen molar-refractivity contribution in [3.05, 3.63) is 66.1 Å². The Kier molecular flexibility index (Phi) is 4.43. The van der Waals surface area contributed by atoms with Crippen LogP contribution in [0.3, 0.4) is 0 Å². The molecule has 0 amide bonds. The minimum Gasteiger partial charge on any atom is -0.345 e. The highest BCUT2D eigenvalue weighted by atomic mass is 32.2. The quantitative estimate of drug-likeness (QED) is 0.512. The average molecular weight is 430 g/mol. The number of aromatic amines is 1. The Morgan fingerprint density at radius 1 is 1.06 bits per heavy atom. The monoisotopic (exact) mass is 429 g/mol. The third-order valence-corrected chi connectivity index (χ3v) is 7.74. The number of hydrogen-bond donors (Lipinski definition) is 2. The molecule has 1 aliphatic carbocycles. The summed E-state index contributed by atoms with van der Waals surface area (Å²) in [5.74, 6) is 0.698. The van der Waals surface area contributed by atoms with E-state index in [0.717, 1.165) is 53.3 Å². The van der Waals surface area contributed by atoms with E-state index in [1.165, 1.54) is 11.1 Å². The number of rotatable bonds is 3. The molecule has 1 atom stereocenters. The molecule has 1 spiro atoms. The molecule has 1 aliphatic heterocycles. The van der Waals surface area contributed by atoms with Crippen LogP contribution >= 0.6 is 11.8 Å². The lowest BCUT2D eigenvalue weighted by Gasteiger charge is -2.42. The summed E-state index contributed by atoms with van der Waals surface area (Å²) in [7, 11) is 0. The molecule has 3 N–H and O–H groups in total. The molecule has 0 unspecified atom stereocenters. The molecule has 156 valence electrons. The number of piperidine rings is 1. The molecule has 31 heavy (non-hydrogen) atoms. The third-order valence-electron chi connectivity index (χ3n) is 6.79. The Bertz CT molecular complexity index is 1230. The molecule has 0 bridgehead atoms. The van der Waals surface area contributed by atoms with Gasteiger partial charge in [-0.2, -0.15) is 0 Å². The third kappa shape index (κ3) is 3.18. The Labute approximate surface area is 184 Å². The highest BCUT2D eigenvalue weighted by molar-refractivity contribution is 7.99. The minimum atomic E-state index is 0.120. The van der Waals surface area contributed by atoms with Crippen molar-refractivity contribution in [1.29, 1.82) is 0 Å². The normalized spacial score (nSPS) is 19.8. The van der Waals surface area contributed by atoms with Gasteiger partial charge in [-0.25, -0.2) is 9.97 Å². The van der Waals surface area contributed by atoms with Crippen LogP contribution < -0.4 is 10.6 Å². The van der Waals surface area contributed by atoms with Crippen LogP contribution in [0.5, 0.6) is 0 Å². The fraction of sp³-hybridized carbons (Fsp3) is 0.304. The maximum atomic E-state index is 6.69. The second kappa shape index (κ2) is 7.32. The first-order valence-electron chi connectivity index (χ1n) is 10.6. The number of pyridine rings is 1. The van der Waals surface area contributed by atoms with E-state index in [9.17, 15) is 0 Å². The molecule has 4 heterocycles. The molecular weight excluding hydrogens is 406 g/mol. The molecule has 3 aromatic heterocycles. The van der Waals surface area contributed by atoms with Gasteiger partial charge in [0.2, 0.25) is 5.95 Å². The second-order valence-electron chi connectivity index (χ2n) is 8.45. The molecule has 1 saturated heterocycles. The summed E-state index contributed by atoms with van der Waals surface area (Å²) < 4.78 is 0. The Morgan fingerprint density at radius 3 is 2.74 bits per heavy atom. The van der Waals surface area contributed by atoms with Crippen molar-refractivity contribution in [3.8, 4) is 0 Å². The lowest BCUT2D eigenvalue weighted by molar-refractivity contribution is 0.186. The van der Waals surface area contributed by atoms with Crippen molar-refractivity contribution >= 4 is 28.7 Å². The van der Waals surface area contributed by atoms with Gasteiger partial charge in [-0.1, -0.05) is 36.0 Å². The number of nitrogens with two attached hydrogens (primary N) is 1. The van der Waals surface area contributed by atoms with Gasteiger partial charge in [-0.3, -0.25) is 0 Å². The van der Waals surface area contributed by atoms with E-state index in [1.54, 1.807) is 18.0 Å². The van der Waals surface area contributed by atoms with Crippen LogP contribution in [-0.4, -0.2) is 38.2 Å². The van der Waals surface area contributed by atoms with Gasteiger partial charge >= 0.3 is 0 Å². The maximum Gasteiger partial charge on any atom is 0.245 e. The summed E-state index contributed by atoms with van der Waals surface area (Å²) in [5.41, 5.74) is 10.5. The van der Waals surface area contributed by atoms with Crippen LogP contribution in [0.1, 0.15) is 30.0 Å². The highest BCUT2D eigenvalue weighted by Gasteiger charge is 2.46. The minimum absolute atomic E-state index is 0.120. The number of nitrogens with zero attached hydrogens (tertiary/aromatic N) is 5. The molecule has 0 radical (unpaired) electrons. The van der Waals surface area contributed by atoms with Crippen molar-refractivity contribution in [2.75, 3.05) is 18.0 Å². The summed E-state index contributed by atoms with van der Waals surface area (Å²) in [6, 6.07) is 12.7.